The molecule has 0 saturated carbocycles. The number of aryl methyl sites for hydroxylation is 1. The maximum absolute atomic E-state index is 13.4. The second kappa shape index (κ2) is 5.77. The second-order valence-electron chi connectivity index (χ2n) is 5.56. The van der Waals surface area contributed by atoms with Crippen molar-refractivity contribution >= 4 is 5.95 Å². The van der Waals surface area contributed by atoms with E-state index < -0.39 is 0 Å². The lowest BCUT2D eigenvalue weighted by Gasteiger charge is -2.31. The zero-order valence-corrected chi connectivity index (χ0v) is 12.1. The summed E-state index contributed by atoms with van der Waals surface area (Å²) >= 11 is 0. The van der Waals surface area contributed by atoms with Gasteiger partial charge >= 0.3 is 0 Å². The van der Waals surface area contributed by atoms with Crippen LogP contribution in [0.3, 0.4) is 0 Å². The Kier molecular flexibility index (Phi) is 3.84. The second-order valence-corrected chi connectivity index (χ2v) is 5.56. The summed E-state index contributed by atoms with van der Waals surface area (Å²) in [5, 5.41) is 0. The minimum absolute atomic E-state index is 0.168. The van der Waals surface area contributed by atoms with Gasteiger partial charge in [0.05, 0.1) is 5.69 Å². The van der Waals surface area contributed by atoms with Gasteiger partial charge in [0.25, 0.3) is 0 Å². The van der Waals surface area contributed by atoms with Crippen molar-refractivity contribution in [2.24, 2.45) is 5.73 Å². The molecule has 1 fully saturated rings. The van der Waals surface area contributed by atoms with E-state index in [4.69, 9.17) is 5.73 Å². The fourth-order valence-electron chi connectivity index (χ4n) is 2.70. The van der Waals surface area contributed by atoms with E-state index in [1.807, 2.05) is 13.0 Å². The van der Waals surface area contributed by atoms with E-state index in [0.29, 0.717) is 5.95 Å². The molecular formula is C16H19FN4. The number of nitrogens with zero attached hydrogens (tertiary/aromatic N) is 3. The quantitative estimate of drug-likeness (QED) is 0.921. The SMILES string of the molecule is Cc1cnc(N2CCCC(N)C2)nc1-c1cccc(F)c1. The number of halogens is 1. The van der Waals surface area contributed by atoms with E-state index in [1.165, 1.54) is 12.1 Å². The van der Waals surface area contributed by atoms with Gasteiger partial charge in [-0.2, -0.15) is 0 Å². The van der Waals surface area contributed by atoms with Crippen LogP contribution < -0.4 is 10.6 Å². The fourth-order valence-corrected chi connectivity index (χ4v) is 2.70. The number of benzene rings is 1. The maximum Gasteiger partial charge on any atom is 0.225 e. The van der Waals surface area contributed by atoms with Gasteiger partial charge in [0.15, 0.2) is 0 Å². The lowest BCUT2D eigenvalue weighted by molar-refractivity contribution is 0.500. The van der Waals surface area contributed by atoms with Gasteiger partial charge in [-0.25, -0.2) is 14.4 Å². The summed E-state index contributed by atoms with van der Waals surface area (Å²) in [6, 6.07) is 6.67. The van der Waals surface area contributed by atoms with Crippen molar-refractivity contribution in [3.63, 3.8) is 0 Å². The first-order valence-electron chi connectivity index (χ1n) is 7.23. The Bertz CT molecular complexity index is 644. The highest BCUT2D eigenvalue weighted by Gasteiger charge is 2.19. The highest BCUT2D eigenvalue weighted by atomic mass is 19.1. The molecule has 2 aromatic rings. The molecule has 1 aromatic carbocycles. The molecule has 2 N–H and O–H groups in total. The molecule has 0 radical (unpaired) electrons. The Balaban J connectivity index is 1.96. The van der Waals surface area contributed by atoms with Crippen LogP contribution in [0, 0.1) is 12.7 Å². The van der Waals surface area contributed by atoms with Gasteiger partial charge in [-0.3, -0.25) is 0 Å². The summed E-state index contributed by atoms with van der Waals surface area (Å²) in [5.74, 6) is 0.419. The number of rotatable bonds is 2. The number of hydrogen-bond acceptors (Lipinski definition) is 4. The van der Waals surface area contributed by atoms with Crippen LogP contribution in [0.2, 0.25) is 0 Å². The molecule has 5 heteroatoms. The van der Waals surface area contributed by atoms with E-state index in [-0.39, 0.29) is 11.9 Å². The van der Waals surface area contributed by atoms with Crippen LogP contribution in [-0.2, 0) is 0 Å². The number of anilines is 1. The van der Waals surface area contributed by atoms with Crippen molar-refractivity contribution in [2.45, 2.75) is 25.8 Å². The molecule has 0 amide bonds. The topological polar surface area (TPSA) is 55.0 Å². The van der Waals surface area contributed by atoms with Gasteiger partial charge in [0, 0.05) is 30.9 Å². The largest absolute Gasteiger partial charge is 0.339 e. The molecule has 1 aliphatic heterocycles. The highest BCUT2D eigenvalue weighted by Crippen LogP contribution is 2.24. The molecule has 110 valence electrons. The molecule has 1 aromatic heterocycles. The number of piperidine rings is 1. The van der Waals surface area contributed by atoms with Crippen molar-refractivity contribution in [3.8, 4) is 11.3 Å². The molecule has 1 saturated heterocycles. The molecule has 3 rings (SSSR count). The molecule has 1 unspecified atom stereocenters. The average molecular weight is 286 g/mol. The Morgan fingerprint density at radius 3 is 3.00 bits per heavy atom. The average Bonchev–Trinajstić information content (AvgIpc) is 2.47. The van der Waals surface area contributed by atoms with Crippen LogP contribution in [0.5, 0.6) is 0 Å². The van der Waals surface area contributed by atoms with Gasteiger partial charge in [-0.15, -0.1) is 0 Å². The zero-order valence-electron chi connectivity index (χ0n) is 12.1. The molecule has 2 heterocycles. The van der Waals surface area contributed by atoms with Gasteiger partial charge in [-0.1, -0.05) is 12.1 Å². The summed E-state index contributed by atoms with van der Waals surface area (Å²) in [4.78, 5) is 11.2. The molecule has 0 spiro atoms. The Morgan fingerprint density at radius 1 is 1.38 bits per heavy atom. The summed E-state index contributed by atoms with van der Waals surface area (Å²) in [6.07, 6.45) is 3.88. The van der Waals surface area contributed by atoms with Crippen LogP contribution >= 0.6 is 0 Å². The molecule has 0 bridgehead atoms. The van der Waals surface area contributed by atoms with Crippen molar-refractivity contribution in [3.05, 3.63) is 41.8 Å². The predicted molar refractivity (Wildman–Crippen MR) is 81.6 cm³/mol. The van der Waals surface area contributed by atoms with E-state index in [9.17, 15) is 4.39 Å². The molecule has 21 heavy (non-hydrogen) atoms. The number of nitrogens with two attached hydrogens (primary N) is 1. The van der Waals surface area contributed by atoms with E-state index >= 15 is 0 Å². The fraction of sp³-hybridized carbons (Fsp3) is 0.375. The van der Waals surface area contributed by atoms with Crippen molar-refractivity contribution in [1.29, 1.82) is 0 Å². The lowest BCUT2D eigenvalue weighted by atomic mass is 10.1. The van der Waals surface area contributed by atoms with E-state index in [1.54, 1.807) is 12.3 Å². The van der Waals surface area contributed by atoms with Crippen LogP contribution in [-0.4, -0.2) is 29.1 Å². The first kappa shape index (κ1) is 13.9. The van der Waals surface area contributed by atoms with Crippen LogP contribution in [0.25, 0.3) is 11.3 Å². The Hall–Kier alpha value is -2.01. The van der Waals surface area contributed by atoms with Gasteiger partial charge in [0.1, 0.15) is 5.82 Å². The van der Waals surface area contributed by atoms with Crippen LogP contribution in [0.1, 0.15) is 18.4 Å². The first-order chi connectivity index (χ1) is 10.1. The number of hydrogen-bond donors (Lipinski definition) is 1. The van der Waals surface area contributed by atoms with E-state index in [0.717, 1.165) is 42.8 Å². The van der Waals surface area contributed by atoms with Crippen molar-refractivity contribution < 1.29 is 4.39 Å². The molecule has 0 aliphatic carbocycles. The monoisotopic (exact) mass is 286 g/mol. The normalized spacial score (nSPS) is 18.8. The third kappa shape index (κ3) is 3.03. The van der Waals surface area contributed by atoms with Crippen molar-refractivity contribution in [2.75, 3.05) is 18.0 Å². The van der Waals surface area contributed by atoms with Crippen LogP contribution in [0.4, 0.5) is 10.3 Å². The van der Waals surface area contributed by atoms with E-state index in [2.05, 4.69) is 14.9 Å². The highest BCUT2D eigenvalue weighted by molar-refractivity contribution is 5.63. The first-order valence-corrected chi connectivity index (χ1v) is 7.23. The van der Waals surface area contributed by atoms with Gasteiger partial charge in [-0.05, 0) is 37.5 Å². The third-order valence-corrected chi connectivity index (χ3v) is 3.80. The van der Waals surface area contributed by atoms with Crippen molar-refractivity contribution in [1.82, 2.24) is 9.97 Å². The van der Waals surface area contributed by atoms with Gasteiger partial charge in [0.2, 0.25) is 5.95 Å². The Morgan fingerprint density at radius 2 is 2.24 bits per heavy atom. The summed E-state index contributed by atoms with van der Waals surface area (Å²) in [5.41, 5.74) is 8.50. The number of aromatic nitrogens is 2. The third-order valence-electron chi connectivity index (χ3n) is 3.80. The standard InChI is InChI=1S/C16H19FN4/c1-11-9-19-16(21-7-3-6-14(18)10-21)20-15(11)12-4-2-5-13(17)8-12/h2,4-5,8-9,14H,3,6-7,10,18H2,1H3. The Labute approximate surface area is 123 Å². The summed E-state index contributed by atoms with van der Waals surface area (Å²) in [7, 11) is 0. The van der Waals surface area contributed by atoms with Gasteiger partial charge < -0.3 is 10.6 Å². The predicted octanol–water partition coefficient (Wildman–Crippen LogP) is 2.52. The molecule has 4 nitrogen and oxygen atoms in total. The summed E-state index contributed by atoms with van der Waals surface area (Å²) < 4.78 is 13.4. The molecular weight excluding hydrogens is 267 g/mol. The molecule has 1 aliphatic rings. The minimum atomic E-state index is -0.257. The smallest absolute Gasteiger partial charge is 0.225 e. The lowest BCUT2D eigenvalue weighted by Crippen LogP contribution is -2.43. The maximum atomic E-state index is 13.4. The van der Waals surface area contributed by atoms with Crippen LogP contribution in [0.15, 0.2) is 30.5 Å². The summed E-state index contributed by atoms with van der Waals surface area (Å²) in [6.45, 7) is 3.62. The minimum Gasteiger partial charge on any atom is -0.339 e. The molecule has 1 atom stereocenters. The zero-order chi connectivity index (χ0) is 14.8.